The third-order valence-corrected chi connectivity index (χ3v) is 4.91. The van der Waals surface area contributed by atoms with Crippen molar-refractivity contribution < 1.29 is 22.8 Å². The number of piperazine rings is 1. The second kappa shape index (κ2) is 6.87. The molecule has 132 valence electrons. The van der Waals surface area contributed by atoms with Gasteiger partial charge in [-0.2, -0.15) is 13.2 Å². The molecule has 0 aliphatic carbocycles. The van der Waals surface area contributed by atoms with Crippen LogP contribution in [0.2, 0.25) is 0 Å². The van der Waals surface area contributed by atoms with E-state index in [9.17, 15) is 22.8 Å². The summed E-state index contributed by atoms with van der Waals surface area (Å²) in [5.74, 6) is -0.770. The highest BCUT2D eigenvalue weighted by atomic mass is 32.1. The minimum absolute atomic E-state index is 0.113. The van der Waals surface area contributed by atoms with E-state index in [1.165, 1.54) is 34.4 Å². The Hall–Kier alpha value is -2.35. The fraction of sp³-hybridized carbons (Fsp3) is 0.294. The van der Waals surface area contributed by atoms with Crippen LogP contribution in [0.15, 0.2) is 41.8 Å². The maximum atomic E-state index is 13.1. The van der Waals surface area contributed by atoms with E-state index in [4.69, 9.17) is 0 Å². The zero-order valence-electron chi connectivity index (χ0n) is 13.1. The van der Waals surface area contributed by atoms with E-state index in [0.717, 1.165) is 6.07 Å². The van der Waals surface area contributed by atoms with Crippen LogP contribution in [0, 0.1) is 0 Å². The molecular formula is C17H15F3N2O2S. The van der Waals surface area contributed by atoms with Gasteiger partial charge < -0.3 is 9.80 Å². The van der Waals surface area contributed by atoms with E-state index < -0.39 is 17.6 Å². The molecular weight excluding hydrogens is 353 g/mol. The van der Waals surface area contributed by atoms with Gasteiger partial charge >= 0.3 is 6.18 Å². The van der Waals surface area contributed by atoms with Crippen LogP contribution in [0.25, 0.3) is 0 Å². The minimum atomic E-state index is -4.58. The van der Waals surface area contributed by atoms with Gasteiger partial charge in [0.15, 0.2) is 0 Å². The summed E-state index contributed by atoms with van der Waals surface area (Å²) in [6, 6.07) is 8.28. The second-order valence-electron chi connectivity index (χ2n) is 5.61. The number of amides is 2. The second-order valence-corrected chi connectivity index (χ2v) is 6.55. The van der Waals surface area contributed by atoms with Crippen molar-refractivity contribution in [3.63, 3.8) is 0 Å². The lowest BCUT2D eigenvalue weighted by molar-refractivity contribution is -0.138. The van der Waals surface area contributed by atoms with Crippen LogP contribution in [-0.4, -0.2) is 47.8 Å². The van der Waals surface area contributed by atoms with Gasteiger partial charge in [0.2, 0.25) is 0 Å². The van der Waals surface area contributed by atoms with Crippen LogP contribution in [0.5, 0.6) is 0 Å². The molecule has 0 radical (unpaired) electrons. The number of halogens is 3. The summed E-state index contributed by atoms with van der Waals surface area (Å²) in [5.41, 5.74) is -1.29. The Kier molecular flexibility index (Phi) is 4.80. The molecule has 0 bridgehead atoms. The summed E-state index contributed by atoms with van der Waals surface area (Å²) >= 11 is 1.34. The summed E-state index contributed by atoms with van der Waals surface area (Å²) < 4.78 is 39.2. The number of carbonyl (C=O) groups is 2. The number of benzene rings is 1. The van der Waals surface area contributed by atoms with Crippen molar-refractivity contribution in [3.05, 3.63) is 57.8 Å². The average Bonchev–Trinajstić information content (AvgIpc) is 3.14. The van der Waals surface area contributed by atoms with Crippen molar-refractivity contribution >= 4 is 23.2 Å². The van der Waals surface area contributed by atoms with Gasteiger partial charge in [-0.1, -0.05) is 18.2 Å². The monoisotopic (exact) mass is 368 g/mol. The highest BCUT2D eigenvalue weighted by molar-refractivity contribution is 7.12. The third kappa shape index (κ3) is 3.68. The maximum Gasteiger partial charge on any atom is 0.417 e. The van der Waals surface area contributed by atoms with Crippen LogP contribution in [0.3, 0.4) is 0 Å². The fourth-order valence-corrected chi connectivity index (χ4v) is 3.45. The number of alkyl halides is 3. The fourth-order valence-electron chi connectivity index (χ4n) is 2.76. The molecule has 0 spiro atoms. The van der Waals surface area contributed by atoms with Gasteiger partial charge in [-0.15, -0.1) is 11.3 Å². The molecule has 25 heavy (non-hydrogen) atoms. The Morgan fingerprint density at radius 3 is 2.04 bits per heavy atom. The summed E-state index contributed by atoms with van der Waals surface area (Å²) in [5, 5.41) is 1.81. The molecule has 0 saturated carbocycles. The number of rotatable bonds is 2. The molecule has 1 aliphatic rings. The molecule has 0 N–H and O–H groups in total. The topological polar surface area (TPSA) is 40.6 Å². The van der Waals surface area contributed by atoms with E-state index in [-0.39, 0.29) is 24.6 Å². The van der Waals surface area contributed by atoms with Gasteiger partial charge in [0, 0.05) is 26.2 Å². The number of thiophene rings is 1. The zero-order chi connectivity index (χ0) is 18.0. The van der Waals surface area contributed by atoms with Gasteiger partial charge in [0.25, 0.3) is 11.8 Å². The molecule has 3 rings (SSSR count). The molecule has 1 fully saturated rings. The predicted octanol–water partition coefficient (Wildman–Crippen LogP) is 3.37. The molecule has 2 heterocycles. The minimum Gasteiger partial charge on any atom is -0.335 e. The summed E-state index contributed by atoms with van der Waals surface area (Å²) in [6.07, 6.45) is -4.58. The number of hydrogen-bond donors (Lipinski definition) is 0. The molecule has 1 aromatic carbocycles. The van der Waals surface area contributed by atoms with Crippen LogP contribution >= 0.6 is 11.3 Å². The molecule has 2 aromatic rings. The molecule has 1 saturated heterocycles. The standard InChI is InChI=1S/C17H15F3N2O2S/c18-17(19,20)13-5-2-1-4-12(13)15(23)21-7-9-22(10-8-21)16(24)14-6-3-11-25-14/h1-6,11H,7-10H2. The van der Waals surface area contributed by atoms with E-state index in [1.807, 2.05) is 0 Å². The van der Waals surface area contributed by atoms with E-state index >= 15 is 0 Å². The summed E-state index contributed by atoms with van der Waals surface area (Å²) in [6.45, 7) is 1.03. The lowest BCUT2D eigenvalue weighted by Gasteiger charge is -2.35. The normalized spacial score (nSPS) is 15.3. The zero-order valence-corrected chi connectivity index (χ0v) is 13.9. The Labute approximate surface area is 146 Å². The van der Waals surface area contributed by atoms with E-state index in [1.54, 1.807) is 22.4 Å². The van der Waals surface area contributed by atoms with Crippen LogP contribution in [0.4, 0.5) is 13.2 Å². The van der Waals surface area contributed by atoms with Crippen LogP contribution < -0.4 is 0 Å². The van der Waals surface area contributed by atoms with Crippen LogP contribution in [-0.2, 0) is 6.18 Å². The first kappa shape index (κ1) is 17.5. The van der Waals surface area contributed by atoms with Crippen molar-refractivity contribution in [1.29, 1.82) is 0 Å². The Balaban J connectivity index is 1.70. The van der Waals surface area contributed by atoms with Gasteiger partial charge in [-0.3, -0.25) is 9.59 Å². The van der Waals surface area contributed by atoms with Crippen molar-refractivity contribution in [1.82, 2.24) is 9.80 Å². The maximum absolute atomic E-state index is 13.1. The van der Waals surface area contributed by atoms with Gasteiger partial charge in [0.1, 0.15) is 0 Å². The van der Waals surface area contributed by atoms with Gasteiger partial charge in [0.05, 0.1) is 16.0 Å². The number of carbonyl (C=O) groups excluding carboxylic acids is 2. The lowest BCUT2D eigenvalue weighted by Crippen LogP contribution is -2.50. The SMILES string of the molecule is O=C(c1cccs1)N1CCN(C(=O)c2ccccc2C(F)(F)F)CC1. The quantitative estimate of drug-likeness (QED) is 0.816. The van der Waals surface area contributed by atoms with E-state index in [0.29, 0.717) is 18.0 Å². The first-order valence-corrected chi connectivity index (χ1v) is 8.54. The predicted molar refractivity (Wildman–Crippen MR) is 87.6 cm³/mol. The van der Waals surface area contributed by atoms with E-state index in [2.05, 4.69) is 0 Å². The Morgan fingerprint density at radius 1 is 0.880 bits per heavy atom. The molecule has 2 amide bonds. The number of hydrogen-bond acceptors (Lipinski definition) is 3. The molecule has 0 atom stereocenters. The molecule has 8 heteroatoms. The average molecular weight is 368 g/mol. The van der Waals surface area contributed by atoms with Crippen molar-refractivity contribution in [2.45, 2.75) is 6.18 Å². The largest absolute Gasteiger partial charge is 0.417 e. The Bertz CT molecular complexity index is 766. The first-order chi connectivity index (χ1) is 11.9. The van der Waals surface area contributed by atoms with Gasteiger partial charge in [-0.25, -0.2) is 0 Å². The molecule has 1 aromatic heterocycles. The van der Waals surface area contributed by atoms with Crippen molar-refractivity contribution in [2.24, 2.45) is 0 Å². The summed E-state index contributed by atoms with van der Waals surface area (Å²) in [7, 11) is 0. The highest BCUT2D eigenvalue weighted by Crippen LogP contribution is 2.32. The van der Waals surface area contributed by atoms with Crippen molar-refractivity contribution in [3.8, 4) is 0 Å². The number of nitrogens with zero attached hydrogens (tertiary/aromatic N) is 2. The first-order valence-electron chi connectivity index (χ1n) is 7.66. The lowest BCUT2D eigenvalue weighted by atomic mass is 10.1. The molecule has 1 aliphatic heterocycles. The Morgan fingerprint density at radius 2 is 1.48 bits per heavy atom. The van der Waals surface area contributed by atoms with Crippen molar-refractivity contribution in [2.75, 3.05) is 26.2 Å². The highest BCUT2D eigenvalue weighted by Gasteiger charge is 2.36. The smallest absolute Gasteiger partial charge is 0.335 e. The third-order valence-electron chi connectivity index (χ3n) is 4.05. The summed E-state index contributed by atoms with van der Waals surface area (Å²) in [4.78, 5) is 28.4. The van der Waals surface area contributed by atoms with Gasteiger partial charge in [-0.05, 0) is 23.6 Å². The van der Waals surface area contributed by atoms with Crippen LogP contribution in [0.1, 0.15) is 25.6 Å². The molecule has 4 nitrogen and oxygen atoms in total. The molecule has 0 unspecified atom stereocenters.